The van der Waals surface area contributed by atoms with Crippen LogP contribution in [0.3, 0.4) is 0 Å². The first kappa shape index (κ1) is 12.0. The van der Waals surface area contributed by atoms with E-state index >= 15 is 0 Å². The lowest BCUT2D eigenvalue weighted by atomic mass is 10.1. The third-order valence-corrected chi connectivity index (χ3v) is 2.99. The van der Waals surface area contributed by atoms with Gasteiger partial charge in [0.1, 0.15) is 5.82 Å². The Morgan fingerprint density at radius 3 is 3.00 bits per heavy atom. The van der Waals surface area contributed by atoms with Crippen molar-refractivity contribution in [2.24, 2.45) is 5.92 Å². The number of aryl methyl sites for hydroxylation is 1. The molecule has 1 atom stereocenters. The Bertz CT molecular complexity index is 446. The lowest BCUT2D eigenvalue weighted by Gasteiger charge is -2.18. The average Bonchev–Trinajstić information content (AvgIpc) is 2.29. The van der Waals surface area contributed by atoms with Gasteiger partial charge < -0.3 is 9.84 Å². The van der Waals surface area contributed by atoms with Crippen LogP contribution in [0.1, 0.15) is 29.7 Å². The minimum Gasteiger partial charge on any atom is -0.481 e. The molecule has 5 nitrogen and oxygen atoms in total. The summed E-state index contributed by atoms with van der Waals surface area (Å²) in [5.41, 5.74) is 2.97. The van der Waals surface area contributed by atoms with Crippen LogP contribution in [0.5, 0.6) is 0 Å². The molecule has 0 bridgehead atoms. The summed E-state index contributed by atoms with van der Waals surface area (Å²) in [7, 11) is 0. The van der Waals surface area contributed by atoms with E-state index in [2.05, 4.69) is 9.97 Å². The topological polar surface area (TPSA) is 72.3 Å². The van der Waals surface area contributed by atoms with Gasteiger partial charge in [0.05, 0.1) is 24.8 Å². The molecule has 0 spiro atoms. The Balaban J connectivity index is 2.25. The molecule has 0 saturated carbocycles. The number of hydrogen-bond acceptors (Lipinski definition) is 4. The Hall–Kier alpha value is -1.49. The number of carbonyl (C=O) groups is 1. The molecule has 92 valence electrons. The van der Waals surface area contributed by atoms with Crippen LogP contribution >= 0.6 is 0 Å². The second kappa shape index (κ2) is 4.79. The number of rotatable bonds is 3. The summed E-state index contributed by atoms with van der Waals surface area (Å²) >= 11 is 0. The molecule has 0 aromatic carbocycles. The number of nitrogens with zero attached hydrogens (tertiary/aromatic N) is 2. The first-order valence-electron chi connectivity index (χ1n) is 5.73. The van der Waals surface area contributed by atoms with Gasteiger partial charge in [-0.3, -0.25) is 4.79 Å². The fourth-order valence-corrected chi connectivity index (χ4v) is 1.91. The van der Waals surface area contributed by atoms with Crippen molar-refractivity contribution in [1.29, 1.82) is 0 Å². The SMILES string of the molecule is Cc1nc(CC(C)C(=O)O)nc2c1COCC2. The van der Waals surface area contributed by atoms with E-state index in [0.717, 1.165) is 23.4 Å². The van der Waals surface area contributed by atoms with Crippen molar-refractivity contribution in [3.63, 3.8) is 0 Å². The zero-order chi connectivity index (χ0) is 12.4. The number of aliphatic carboxylic acids is 1. The van der Waals surface area contributed by atoms with E-state index in [1.165, 1.54) is 0 Å². The second-order valence-corrected chi connectivity index (χ2v) is 4.40. The molecule has 0 radical (unpaired) electrons. The largest absolute Gasteiger partial charge is 0.481 e. The molecule has 1 aromatic rings. The van der Waals surface area contributed by atoms with Gasteiger partial charge in [0.2, 0.25) is 0 Å². The molecule has 1 aromatic heterocycles. The third-order valence-electron chi connectivity index (χ3n) is 2.99. The Morgan fingerprint density at radius 1 is 1.53 bits per heavy atom. The predicted octanol–water partition coefficient (Wildman–Crippen LogP) is 1.12. The number of hydrogen-bond donors (Lipinski definition) is 1. The van der Waals surface area contributed by atoms with Crippen molar-refractivity contribution in [3.05, 3.63) is 22.8 Å². The van der Waals surface area contributed by atoms with Crippen molar-refractivity contribution >= 4 is 5.97 Å². The van der Waals surface area contributed by atoms with Gasteiger partial charge in [0, 0.05) is 24.1 Å². The highest BCUT2D eigenvalue weighted by Gasteiger charge is 2.18. The molecule has 2 rings (SSSR count). The molecule has 1 N–H and O–H groups in total. The van der Waals surface area contributed by atoms with Gasteiger partial charge in [-0.15, -0.1) is 0 Å². The van der Waals surface area contributed by atoms with E-state index in [4.69, 9.17) is 9.84 Å². The summed E-state index contributed by atoms with van der Waals surface area (Å²) < 4.78 is 5.36. The normalized spacial score (nSPS) is 16.4. The summed E-state index contributed by atoms with van der Waals surface area (Å²) in [6.07, 6.45) is 1.16. The van der Waals surface area contributed by atoms with Crippen LogP contribution in [0.25, 0.3) is 0 Å². The third kappa shape index (κ3) is 2.61. The lowest BCUT2D eigenvalue weighted by Crippen LogP contribution is -2.19. The van der Waals surface area contributed by atoms with Crippen LogP contribution in [0.4, 0.5) is 0 Å². The molecule has 1 aliphatic rings. The van der Waals surface area contributed by atoms with Crippen LogP contribution in [-0.2, 0) is 29.0 Å². The highest BCUT2D eigenvalue weighted by atomic mass is 16.5. The fraction of sp³-hybridized carbons (Fsp3) is 0.583. The van der Waals surface area contributed by atoms with Gasteiger partial charge in [0.25, 0.3) is 0 Å². The van der Waals surface area contributed by atoms with E-state index in [1.807, 2.05) is 6.92 Å². The first-order chi connectivity index (χ1) is 8.08. The van der Waals surface area contributed by atoms with Crippen LogP contribution in [0.15, 0.2) is 0 Å². The van der Waals surface area contributed by atoms with Crippen molar-refractivity contribution in [1.82, 2.24) is 9.97 Å². The number of carboxylic acid groups (broad SMARTS) is 1. The van der Waals surface area contributed by atoms with Gasteiger partial charge in [0.15, 0.2) is 0 Å². The molecule has 0 amide bonds. The zero-order valence-electron chi connectivity index (χ0n) is 10.1. The van der Waals surface area contributed by atoms with Crippen molar-refractivity contribution in [2.45, 2.75) is 33.3 Å². The molecular weight excluding hydrogens is 220 g/mol. The molecule has 2 heterocycles. The Labute approximate surface area is 99.9 Å². The molecule has 0 saturated heterocycles. The molecule has 1 aliphatic heterocycles. The highest BCUT2D eigenvalue weighted by molar-refractivity contribution is 5.69. The minimum absolute atomic E-state index is 0.379. The maximum Gasteiger partial charge on any atom is 0.306 e. The lowest BCUT2D eigenvalue weighted by molar-refractivity contribution is -0.141. The standard InChI is InChI=1S/C12H16N2O3/c1-7(12(15)16)5-11-13-8(2)9-6-17-4-3-10(9)14-11/h7H,3-6H2,1-2H3,(H,15,16). The second-order valence-electron chi connectivity index (χ2n) is 4.40. The van der Waals surface area contributed by atoms with Gasteiger partial charge in [-0.25, -0.2) is 9.97 Å². The monoisotopic (exact) mass is 236 g/mol. The van der Waals surface area contributed by atoms with Gasteiger partial charge >= 0.3 is 5.97 Å². The summed E-state index contributed by atoms with van der Waals surface area (Å²) in [5, 5.41) is 8.88. The molecule has 0 fully saturated rings. The number of fused-ring (bicyclic) bond motifs is 1. The summed E-state index contributed by atoms with van der Waals surface area (Å²) in [5.74, 6) is -0.641. The predicted molar refractivity (Wildman–Crippen MR) is 60.6 cm³/mol. The first-order valence-corrected chi connectivity index (χ1v) is 5.73. The quantitative estimate of drug-likeness (QED) is 0.851. The van der Waals surface area contributed by atoms with E-state index in [0.29, 0.717) is 25.5 Å². The van der Waals surface area contributed by atoms with Gasteiger partial charge in [-0.05, 0) is 6.92 Å². The van der Waals surface area contributed by atoms with Crippen LogP contribution in [0.2, 0.25) is 0 Å². The smallest absolute Gasteiger partial charge is 0.306 e. The van der Waals surface area contributed by atoms with E-state index < -0.39 is 11.9 Å². The maximum atomic E-state index is 10.8. The summed E-state index contributed by atoms with van der Waals surface area (Å²) in [4.78, 5) is 19.6. The minimum atomic E-state index is -0.813. The number of carboxylic acids is 1. The zero-order valence-corrected chi connectivity index (χ0v) is 10.1. The molecule has 17 heavy (non-hydrogen) atoms. The Morgan fingerprint density at radius 2 is 2.29 bits per heavy atom. The maximum absolute atomic E-state index is 10.8. The van der Waals surface area contributed by atoms with Gasteiger partial charge in [-0.1, -0.05) is 6.92 Å². The number of aromatic nitrogens is 2. The molecule has 1 unspecified atom stereocenters. The average molecular weight is 236 g/mol. The molecular formula is C12H16N2O3. The molecule has 5 heteroatoms. The summed E-state index contributed by atoms with van der Waals surface area (Å²) in [6, 6.07) is 0. The van der Waals surface area contributed by atoms with E-state index in [9.17, 15) is 4.79 Å². The highest BCUT2D eigenvalue weighted by Crippen LogP contribution is 2.18. The fourth-order valence-electron chi connectivity index (χ4n) is 1.91. The van der Waals surface area contributed by atoms with Gasteiger partial charge in [-0.2, -0.15) is 0 Å². The van der Waals surface area contributed by atoms with Crippen LogP contribution in [0, 0.1) is 12.8 Å². The Kier molecular flexibility index (Phi) is 3.38. The molecule has 0 aliphatic carbocycles. The van der Waals surface area contributed by atoms with Crippen molar-refractivity contribution in [2.75, 3.05) is 6.61 Å². The van der Waals surface area contributed by atoms with Crippen LogP contribution in [-0.4, -0.2) is 27.7 Å². The van der Waals surface area contributed by atoms with E-state index in [-0.39, 0.29) is 0 Å². The van der Waals surface area contributed by atoms with Crippen molar-refractivity contribution < 1.29 is 14.6 Å². The van der Waals surface area contributed by atoms with Crippen LogP contribution < -0.4 is 0 Å². The summed E-state index contributed by atoms with van der Waals surface area (Å²) in [6.45, 7) is 4.83. The van der Waals surface area contributed by atoms with Crippen molar-refractivity contribution in [3.8, 4) is 0 Å². The van der Waals surface area contributed by atoms with E-state index in [1.54, 1.807) is 6.92 Å². The number of ether oxygens (including phenoxy) is 1.